The number of nitrogens with zero attached hydrogens (tertiary/aromatic N) is 5. The summed E-state index contributed by atoms with van der Waals surface area (Å²) in [5, 5.41) is 10.3. The van der Waals surface area contributed by atoms with Crippen LogP contribution in [0, 0.1) is 11.3 Å². The summed E-state index contributed by atoms with van der Waals surface area (Å²) in [6, 6.07) is 20.6. The van der Waals surface area contributed by atoms with E-state index in [4.69, 9.17) is 0 Å². The summed E-state index contributed by atoms with van der Waals surface area (Å²) in [6.45, 7) is 1.67. The van der Waals surface area contributed by atoms with Crippen LogP contribution < -0.4 is 4.90 Å². The van der Waals surface area contributed by atoms with Crippen molar-refractivity contribution in [1.29, 1.82) is 5.26 Å². The first-order valence-electron chi connectivity index (χ1n) is 10.1. The van der Waals surface area contributed by atoms with E-state index in [9.17, 15) is 13.7 Å². The average molecular weight is 462 g/mol. The summed E-state index contributed by atoms with van der Waals surface area (Å²) in [4.78, 5) is 13.2. The Morgan fingerprint density at radius 1 is 0.938 bits per heavy atom. The lowest BCUT2D eigenvalue weighted by atomic mass is 10.2. The van der Waals surface area contributed by atoms with Gasteiger partial charge in [0.25, 0.3) is 0 Å². The summed E-state index contributed by atoms with van der Waals surface area (Å²) in [7, 11) is -3.73. The zero-order chi connectivity index (χ0) is 22.1. The van der Waals surface area contributed by atoms with Crippen molar-refractivity contribution in [2.75, 3.05) is 31.1 Å². The molecule has 0 radical (unpaired) electrons. The first-order chi connectivity index (χ1) is 15.6. The van der Waals surface area contributed by atoms with E-state index >= 15 is 0 Å². The average Bonchev–Trinajstić information content (AvgIpc) is 3.29. The first-order valence-corrected chi connectivity index (χ1v) is 12.4. The van der Waals surface area contributed by atoms with Crippen molar-refractivity contribution in [3.8, 4) is 16.5 Å². The zero-order valence-electron chi connectivity index (χ0n) is 17.0. The van der Waals surface area contributed by atoms with Gasteiger partial charge in [-0.2, -0.15) is 9.57 Å². The molecule has 3 heterocycles. The lowest BCUT2D eigenvalue weighted by Gasteiger charge is -2.35. The fraction of sp³-hybridized carbons (Fsp3) is 0.174. The molecule has 160 valence electrons. The van der Waals surface area contributed by atoms with E-state index in [2.05, 4.69) is 33.1 Å². The third kappa shape index (κ3) is 3.62. The van der Waals surface area contributed by atoms with E-state index in [1.54, 1.807) is 29.8 Å². The van der Waals surface area contributed by atoms with Gasteiger partial charge in [0.05, 0.1) is 15.8 Å². The van der Waals surface area contributed by atoms with Crippen LogP contribution in [-0.2, 0) is 10.0 Å². The minimum atomic E-state index is -3.73. The van der Waals surface area contributed by atoms with Gasteiger partial charge in [0.1, 0.15) is 23.0 Å². The van der Waals surface area contributed by atoms with Gasteiger partial charge >= 0.3 is 0 Å². The monoisotopic (exact) mass is 461 g/mol. The molecule has 1 aliphatic rings. The smallest absolute Gasteiger partial charge is 0.244 e. The fourth-order valence-corrected chi connectivity index (χ4v) is 6.47. The molecule has 2 aromatic carbocycles. The molecule has 0 unspecified atom stereocenters. The van der Waals surface area contributed by atoms with Gasteiger partial charge in [0.15, 0.2) is 0 Å². The van der Waals surface area contributed by atoms with Crippen LogP contribution in [-0.4, -0.2) is 48.9 Å². The van der Waals surface area contributed by atoms with Crippen LogP contribution in [0.4, 0.5) is 5.82 Å². The summed E-state index contributed by atoms with van der Waals surface area (Å²) in [6.07, 6.45) is 1.56. The molecular formula is C23H19N5O2S2. The molecule has 0 bridgehead atoms. The molecule has 0 saturated carbocycles. The number of rotatable bonds is 4. The van der Waals surface area contributed by atoms with Gasteiger partial charge in [-0.3, -0.25) is 0 Å². The van der Waals surface area contributed by atoms with Gasteiger partial charge in [-0.25, -0.2) is 18.4 Å². The third-order valence-electron chi connectivity index (χ3n) is 5.53. The molecule has 32 heavy (non-hydrogen) atoms. The van der Waals surface area contributed by atoms with Crippen LogP contribution >= 0.6 is 11.3 Å². The number of fused-ring (bicyclic) bond motifs is 1. The van der Waals surface area contributed by atoms with Crippen LogP contribution in [0.5, 0.6) is 0 Å². The number of aromatic nitrogens is 2. The topological polar surface area (TPSA) is 90.2 Å². The maximum atomic E-state index is 13.1. The predicted molar refractivity (Wildman–Crippen MR) is 125 cm³/mol. The first kappa shape index (κ1) is 20.6. The van der Waals surface area contributed by atoms with Crippen molar-refractivity contribution in [2.24, 2.45) is 0 Å². The molecule has 0 aliphatic carbocycles. The van der Waals surface area contributed by atoms with Gasteiger partial charge in [0, 0.05) is 31.1 Å². The molecule has 1 saturated heterocycles. The van der Waals surface area contributed by atoms with E-state index in [0.717, 1.165) is 26.5 Å². The van der Waals surface area contributed by atoms with Gasteiger partial charge in [-0.15, -0.1) is 11.3 Å². The highest BCUT2D eigenvalue weighted by molar-refractivity contribution is 7.89. The van der Waals surface area contributed by atoms with E-state index in [0.29, 0.717) is 26.2 Å². The second-order valence-corrected chi connectivity index (χ2v) is 10.3. The van der Waals surface area contributed by atoms with Gasteiger partial charge in [-0.05, 0) is 23.8 Å². The number of hydrogen-bond donors (Lipinski definition) is 0. The van der Waals surface area contributed by atoms with E-state index < -0.39 is 10.0 Å². The maximum absolute atomic E-state index is 13.1. The van der Waals surface area contributed by atoms with Crippen molar-refractivity contribution in [3.63, 3.8) is 0 Å². The Hall–Kier alpha value is -3.32. The fourth-order valence-electron chi connectivity index (χ4n) is 3.90. The number of benzene rings is 2. The zero-order valence-corrected chi connectivity index (χ0v) is 18.7. The Balaban J connectivity index is 1.40. The SMILES string of the molecule is N#Cc1ccccc1S(=O)(=O)N1CCN(c2ncnc3sc(-c4ccccc4)cc23)CC1. The Kier molecular flexibility index (Phi) is 5.35. The highest BCUT2D eigenvalue weighted by atomic mass is 32.2. The molecule has 4 aromatic rings. The van der Waals surface area contributed by atoms with Crippen molar-refractivity contribution < 1.29 is 8.42 Å². The molecular weight excluding hydrogens is 442 g/mol. The Bertz CT molecular complexity index is 1420. The van der Waals surface area contributed by atoms with Crippen LogP contribution in [0.25, 0.3) is 20.7 Å². The summed E-state index contributed by atoms with van der Waals surface area (Å²) >= 11 is 1.62. The summed E-state index contributed by atoms with van der Waals surface area (Å²) < 4.78 is 27.7. The Labute approximate surface area is 190 Å². The normalized spacial score (nSPS) is 15.0. The van der Waals surface area contributed by atoms with E-state index in [-0.39, 0.29) is 10.5 Å². The number of anilines is 1. The number of piperazine rings is 1. The molecule has 1 fully saturated rings. The van der Waals surface area contributed by atoms with Crippen LogP contribution in [0.15, 0.2) is 71.9 Å². The van der Waals surface area contributed by atoms with Gasteiger partial charge < -0.3 is 4.90 Å². The molecule has 0 spiro atoms. The molecule has 5 rings (SSSR count). The second kappa shape index (κ2) is 8.31. The maximum Gasteiger partial charge on any atom is 0.244 e. The molecule has 0 atom stereocenters. The third-order valence-corrected chi connectivity index (χ3v) is 8.58. The quantitative estimate of drug-likeness (QED) is 0.460. The second-order valence-electron chi connectivity index (χ2n) is 7.39. The Morgan fingerprint density at radius 2 is 1.66 bits per heavy atom. The van der Waals surface area contributed by atoms with E-state index in [1.165, 1.54) is 16.4 Å². The van der Waals surface area contributed by atoms with Gasteiger partial charge in [-0.1, -0.05) is 42.5 Å². The van der Waals surface area contributed by atoms with Crippen molar-refractivity contribution in [1.82, 2.24) is 14.3 Å². The van der Waals surface area contributed by atoms with Gasteiger partial charge in [0.2, 0.25) is 10.0 Å². The predicted octanol–water partition coefficient (Wildman–Crippen LogP) is 3.74. The molecule has 7 nitrogen and oxygen atoms in total. The highest BCUT2D eigenvalue weighted by Gasteiger charge is 2.31. The van der Waals surface area contributed by atoms with Crippen LogP contribution in [0.3, 0.4) is 0 Å². The lowest BCUT2D eigenvalue weighted by Crippen LogP contribution is -2.49. The number of thiophene rings is 1. The minimum absolute atomic E-state index is 0.0608. The molecule has 0 amide bonds. The van der Waals surface area contributed by atoms with E-state index in [1.807, 2.05) is 24.3 Å². The molecule has 9 heteroatoms. The van der Waals surface area contributed by atoms with Crippen LogP contribution in [0.2, 0.25) is 0 Å². The Morgan fingerprint density at radius 3 is 2.41 bits per heavy atom. The molecule has 2 aromatic heterocycles. The number of sulfonamides is 1. The van der Waals surface area contributed by atoms with Crippen molar-refractivity contribution in [2.45, 2.75) is 4.90 Å². The lowest BCUT2D eigenvalue weighted by molar-refractivity contribution is 0.384. The molecule has 0 N–H and O–H groups in total. The standard InChI is InChI=1S/C23H19N5O2S2/c24-15-18-8-4-5-9-21(18)32(29,30)28-12-10-27(11-13-28)22-19-14-20(17-6-2-1-3-7-17)31-23(19)26-16-25-22/h1-9,14,16H,10-13H2. The molecule has 1 aliphatic heterocycles. The minimum Gasteiger partial charge on any atom is -0.353 e. The summed E-state index contributed by atoms with van der Waals surface area (Å²) in [5.74, 6) is 0.822. The summed E-state index contributed by atoms with van der Waals surface area (Å²) in [5.41, 5.74) is 1.30. The van der Waals surface area contributed by atoms with Crippen molar-refractivity contribution >= 4 is 37.4 Å². The highest BCUT2D eigenvalue weighted by Crippen LogP contribution is 2.36. The van der Waals surface area contributed by atoms with Crippen LogP contribution in [0.1, 0.15) is 5.56 Å². The number of nitriles is 1. The number of hydrogen-bond acceptors (Lipinski definition) is 7. The largest absolute Gasteiger partial charge is 0.353 e. The van der Waals surface area contributed by atoms with Crippen molar-refractivity contribution in [3.05, 3.63) is 72.6 Å².